The van der Waals surface area contributed by atoms with Gasteiger partial charge in [0.1, 0.15) is 43.4 Å². The van der Waals surface area contributed by atoms with Gasteiger partial charge in [-0.3, -0.25) is 0 Å². The molecule has 5 fully saturated rings. The maximum absolute atomic E-state index is 12.5. The molecule has 5 N–H and O–H groups in total. The molecule has 11 heteroatoms. The molecule has 0 amide bonds. The van der Waals surface area contributed by atoms with E-state index in [2.05, 4.69) is 13.8 Å². The second kappa shape index (κ2) is 13.1. The number of phenolic OH excluding ortho intramolecular Hbond substituents is 1. The van der Waals surface area contributed by atoms with Crippen LogP contribution in [0.3, 0.4) is 0 Å². The van der Waals surface area contributed by atoms with Crippen molar-refractivity contribution in [1.29, 1.82) is 0 Å². The summed E-state index contributed by atoms with van der Waals surface area (Å²) in [6.45, 7) is 4.60. The normalized spacial score (nSPS) is 44.9. The molecule has 0 aromatic heterocycles. The van der Waals surface area contributed by atoms with Crippen LogP contribution in [0, 0.1) is 34.5 Å². The Labute approximate surface area is 286 Å². The van der Waals surface area contributed by atoms with Crippen LogP contribution >= 0.6 is 0 Å². The first-order chi connectivity index (χ1) is 23.3. The zero-order valence-corrected chi connectivity index (χ0v) is 28.3. The van der Waals surface area contributed by atoms with E-state index in [1.54, 1.807) is 18.2 Å². The first kappa shape index (κ1) is 34.6. The lowest BCUT2D eigenvalue weighted by Crippen LogP contribution is -2.63. The fourth-order valence-corrected chi connectivity index (χ4v) is 10.8. The fraction of sp³-hybridized carbons (Fsp3) is 0.684. The molecule has 2 aliphatic heterocycles. The first-order valence-electron chi connectivity index (χ1n) is 17.9. The highest BCUT2D eigenvalue weighted by Gasteiger charge is 2.67. The summed E-state index contributed by atoms with van der Waals surface area (Å²) in [4.78, 5) is 24.2. The SMILES string of the molecule is C[C@]12CC[C@H](O[C@@H]3O[C@H](COC(=O)/C=C/c4ccc(O)cc4)[C@@H](O)[C@H](O)[C@H]3O)C[C@@H]1CC[C@@H]1[C@@H]2CC[C@]2(C)[C@@H](C3=CC(=O)OC3)CC[C@]12O. The summed E-state index contributed by atoms with van der Waals surface area (Å²) in [5.74, 6) is 0.229. The molecule has 0 radical (unpaired) electrons. The molecule has 4 aliphatic carbocycles. The van der Waals surface area contributed by atoms with Gasteiger partial charge in [0.25, 0.3) is 0 Å². The first-order valence-corrected chi connectivity index (χ1v) is 17.9. The molecule has 1 aromatic rings. The van der Waals surface area contributed by atoms with E-state index in [0.29, 0.717) is 24.0 Å². The number of phenols is 1. The average molecular weight is 683 g/mol. The van der Waals surface area contributed by atoms with Crippen molar-refractivity contribution in [3.05, 3.63) is 47.6 Å². The summed E-state index contributed by atoms with van der Waals surface area (Å²) in [7, 11) is 0. The van der Waals surface area contributed by atoms with E-state index in [-0.39, 0.29) is 47.1 Å². The van der Waals surface area contributed by atoms with E-state index in [0.717, 1.165) is 63.4 Å². The van der Waals surface area contributed by atoms with Gasteiger partial charge in [-0.2, -0.15) is 0 Å². The molecule has 13 atom stereocenters. The Morgan fingerprint density at radius 1 is 0.959 bits per heavy atom. The van der Waals surface area contributed by atoms with Crippen LogP contribution in [0.4, 0.5) is 0 Å². The van der Waals surface area contributed by atoms with Gasteiger partial charge in [0.2, 0.25) is 0 Å². The molecule has 6 aliphatic rings. The maximum atomic E-state index is 12.5. The number of benzene rings is 1. The molecule has 0 spiro atoms. The van der Waals surface area contributed by atoms with Crippen molar-refractivity contribution in [2.75, 3.05) is 13.2 Å². The third-order valence-electron chi connectivity index (χ3n) is 13.6. The summed E-state index contributed by atoms with van der Waals surface area (Å²) in [6.07, 6.45) is 5.17. The molecule has 0 bridgehead atoms. The molecule has 1 aromatic carbocycles. The highest BCUT2D eigenvalue weighted by atomic mass is 16.7. The Morgan fingerprint density at radius 3 is 2.47 bits per heavy atom. The number of aliphatic hydroxyl groups is 4. The van der Waals surface area contributed by atoms with Crippen molar-refractivity contribution >= 4 is 18.0 Å². The Kier molecular flexibility index (Phi) is 9.24. The van der Waals surface area contributed by atoms with Gasteiger partial charge in [-0.25, -0.2) is 9.59 Å². The lowest BCUT2D eigenvalue weighted by atomic mass is 9.43. The number of esters is 2. The summed E-state index contributed by atoms with van der Waals surface area (Å²) in [5, 5.41) is 54.0. The topological polar surface area (TPSA) is 172 Å². The second-order valence-electron chi connectivity index (χ2n) is 15.9. The van der Waals surface area contributed by atoms with E-state index in [4.69, 9.17) is 18.9 Å². The summed E-state index contributed by atoms with van der Waals surface area (Å²) < 4.78 is 22.8. The van der Waals surface area contributed by atoms with Crippen LogP contribution < -0.4 is 0 Å². The lowest BCUT2D eigenvalue weighted by Gasteiger charge is -2.64. The molecule has 268 valence electrons. The number of aromatic hydroxyl groups is 1. The van der Waals surface area contributed by atoms with Crippen LogP contribution in [0.1, 0.15) is 77.2 Å². The molecule has 7 rings (SSSR count). The van der Waals surface area contributed by atoms with Crippen molar-refractivity contribution < 1.29 is 54.1 Å². The van der Waals surface area contributed by atoms with Gasteiger partial charge in [0.15, 0.2) is 6.29 Å². The average Bonchev–Trinajstić information content (AvgIpc) is 3.63. The smallest absolute Gasteiger partial charge is 0.331 e. The van der Waals surface area contributed by atoms with Gasteiger partial charge in [-0.15, -0.1) is 0 Å². The Bertz CT molecular complexity index is 1470. The number of carbonyl (C=O) groups excluding carboxylic acids is 2. The molecular weight excluding hydrogens is 632 g/mol. The summed E-state index contributed by atoms with van der Waals surface area (Å²) in [6, 6.07) is 6.28. The molecule has 49 heavy (non-hydrogen) atoms. The highest BCUT2D eigenvalue weighted by Crippen LogP contribution is 2.70. The fourth-order valence-electron chi connectivity index (χ4n) is 10.8. The number of fused-ring (bicyclic) bond motifs is 5. The number of cyclic esters (lactones) is 1. The van der Waals surface area contributed by atoms with Gasteiger partial charge >= 0.3 is 11.9 Å². The van der Waals surface area contributed by atoms with Crippen molar-refractivity contribution in [1.82, 2.24) is 0 Å². The molecule has 1 saturated heterocycles. The van der Waals surface area contributed by atoms with E-state index in [1.807, 2.05) is 0 Å². The van der Waals surface area contributed by atoms with Crippen molar-refractivity contribution in [2.45, 2.75) is 114 Å². The van der Waals surface area contributed by atoms with Crippen molar-refractivity contribution in [2.24, 2.45) is 34.5 Å². The van der Waals surface area contributed by atoms with Gasteiger partial charge in [-0.05, 0) is 116 Å². The van der Waals surface area contributed by atoms with Crippen LogP contribution in [0.5, 0.6) is 5.75 Å². The van der Waals surface area contributed by atoms with Gasteiger partial charge in [-0.1, -0.05) is 26.0 Å². The quantitative estimate of drug-likeness (QED) is 0.162. The lowest BCUT2D eigenvalue weighted by molar-refractivity contribution is -0.317. The summed E-state index contributed by atoms with van der Waals surface area (Å²) in [5.41, 5.74) is 0.669. The third-order valence-corrected chi connectivity index (χ3v) is 13.6. The van der Waals surface area contributed by atoms with Gasteiger partial charge in [0.05, 0.1) is 11.7 Å². The minimum atomic E-state index is -1.54. The maximum Gasteiger partial charge on any atom is 0.331 e. The highest BCUT2D eigenvalue weighted by molar-refractivity contribution is 5.87. The number of hydrogen-bond donors (Lipinski definition) is 5. The number of carbonyl (C=O) groups is 2. The van der Waals surface area contributed by atoms with Crippen LogP contribution in [-0.4, -0.2) is 93.1 Å². The second-order valence-corrected chi connectivity index (χ2v) is 15.9. The van der Waals surface area contributed by atoms with Crippen LogP contribution in [0.15, 0.2) is 42.0 Å². The Balaban J connectivity index is 0.965. The number of rotatable bonds is 7. The standard InChI is InChI=1S/C38H50O11/c1-36-14-11-25(48-35-34(44)33(43)32(42)29(49-35)20-47-30(40)10-5-21-3-7-24(39)8-4-21)18-23(36)6-9-28-27(36)12-15-37(2)26(13-16-38(28,37)45)22-17-31(41)46-19-22/h3-5,7-8,10,17,23,25-29,32-35,39,42-45H,6,9,11-16,18-20H2,1-2H3/b10-5+/t23-,25-,26+,27-,28+,29+,32+,33-,34+,35+,36-,37+,38-/m0/s1. The van der Waals surface area contributed by atoms with E-state index < -0.39 is 42.3 Å². The van der Waals surface area contributed by atoms with Crippen LogP contribution in [-0.2, 0) is 28.5 Å². The minimum Gasteiger partial charge on any atom is -0.508 e. The molecule has 2 heterocycles. The minimum absolute atomic E-state index is 0.0236. The van der Waals surface area contributed by atoms with Crippen molar-refractivity contribution in [3.8, 4) is 5.75 Å². The van der Waals surface area contributed by atoms with Crippen molar-refractivity contribution in [3.63, 3.8) is 0 Å². The van der Waals surface area contributed by atoms with Crippen LogP contribution in [0.25, 0.3) is 6.08 Å². The largest absolute Gasteiger partial charge is 0.508 e. The Hall–Kier alpha value is -2.80. The zero-order chi connectivity index (χ0) is 34.7. The molecule has 4 saturated carbocycles. The predicted molar refractivity (Wildman–Crippen MR) is 175 cm³/mol. The van der Waals surface area contributed by atoms with Gasteiger partial charge < -0.3 is 44.5 Å². The number of ether oxygens (including phenoxy) is 4. The number of aliphatic hydroxyl groups excluding tert-OH is 3. The monoisotopic (exact) mass is 682 g/mol. The molecule has 0 unspecified atom stereocenters. The predicted octanol–water partition coefficient (Wildman–Crippen LogP) is 3.40. The van der Waals surface area contributed by atoms with Crippen LogP contribution in [0.2, 0.25) is 0 Å². The van der Waals surface area contributed by atoms with E-state index >= 15 is 0 Å². The Morgan fingerprint density at radius 2 is 1.73 bits per heavy atom. The molecular formula is C38H50O11. The van der Waals surface area contributed by atoms with E-state index in [9.17, 15) is 35.1 Å². The third kappa shape index (κ3) is 6.04. The number of hydrogen-bond acceptors (Lipinski definition) is 11. The zero-order valence-electron chi connectivity index (χ0n) is 28.3. The van der Waals surface area contributed by atoms with E-state index in [1.165, 1.54) is 24.3 Å². The van der Waals surface area contributed by atoms with Gasteiger partial charge in [0, 0.05) is 17.6 Å². The summed E-state index contributed by atoms with van der Waals surface area (Å²) >= 11 is 0. The molecule has 11 nitrogen and oxygen atoms in total.